The number of nitrogens with zero attached hydrogens (tertiary/aromatic N) is 3. The number of aromatic nitrogens is 1. The summed E-state index contributed by atoms with van der Waals surface area (Å²) in [6.07, 6.45) is 19.4. The predicted molar refractivity (Wildman–Crippen MR) is 149 cm³/mol. The molecule has 1 atom stereocenters. The van der Waals surface area contributed by atoms with Crippen LogP contribution < -0.4 is 0 Å². The van der Waals surface area contributed by atoms with Crippen LogP contribution in [0.4, 0.5) is 0 Å². The topological polar surface area (TPSA) is 45.6 Å². The zero-order valence-electron chi connectivity index (χ0n) is 21.4. The first-order valence-electron chi connectivity index (χ1n) is 12.4. The Kier molecular flexibility index (Phi) is 9.13. The zero-order valence-corrected chi connectivity index (χ0v) is 21.4. The monoisotopic (exact) mass is 467 g/mol. The lowest BCUT2D eigenvalue weighted by molar-refractivity contribution is -0.116. The lowest BCUT2D eigenvalue weighted by atomic mass is 9.94. The summed E-state index contributed by atoms with van der Waals surface area (Å²) in [5.41, 5.74) is 7.67. The molecule has 3 rings (SSSR count). The predicted octanol–water partition coefficient (Wildman–Crippen LogP) is 6.90. The molecule has 0 aliphatic carbocycles. The standard InChI is InChI=1S/C31H37N3O/c1-7-22(4)12-13-26-21-32-29(19-25(26)8-2)30-20-31(35)24(6)28(33-30)15-14-27(9-3)34-17-10-11-23(5)16-18-34/h7-9,12,14-15,19-21,24H,1-2,5,10-11,13,16-18H2,3-4,6H3/b15-14-,22-12-,27-9+. The molecule has 35 heavy (non-hydrogen) atoms. The first-order valence-corrected chi connectivity index (χ1v) is 12.4. The van der Waals surface area contributed by atoms with Crippen molar-refractivity contribution in [1.82, 2.24) is 9.88 Å². The van der Waals surface area contributed by atoms with E-state index in [1.165, 1.54) is 5.57 Å². The zero-order chi connectivity index (χ0) is 25.4. The molecule has 1 aromatic heterocycles. The van der Waals surface area contributed by atoms with Gasteiger partial charge in [-0.15, -0.1) is 0 Å². The second-order valence-electron chi connectivity index (χ2n) is 9.16. The Morgan fingerprint density at radius 2 is 2.06 bits per heavy atom. The van der Waals surface area contributed by atoms with Gasteiger partial charge >= 0.3 is 0 Å². The maximum absolute atomic E-state index is 12.8. The molecule has 1 saturated heterocycles. The van der Waals surface area contributed by atoms with Gasteiger partial charge < -0.3 is 4.90 Å². The third-order valence-corrected chi connectivity index (χ3v) is 6.65. The number of ketones is 1. The van der Waals surface area contributed by atoms with Crippen molar-refractivity contribution >= 4 is 23.3 Å². The Morgan fingerprint density at radius 1 is 1.26 bits per heavy atom. The van der Waals surface area contributed by atoms with E-state index in [-0.39, 0.29) is 11.7 Å². The molecular weight excluding hydrogens is 430 g/mol. The number of rotatable bonds is 8. The van der Waals surface area contributed by atoms with Gasteiger partial charge in [-0.05, 0) is 75.8 Å². The number of allylic oxidation sites excluding steroid dienone is 7. The van der Waals surface area contributed by atoms with Gasteiger partial charge in [-0.25, -0.2) is 0 Å². The summed E-state index contributed by atoms with van der Waals surface area (Å²) in [7, 11) is 0. The largest absolute Gasteiger partial charge is 0.371 e. The van der Waals surface area contributed by atoms with Gasteiger partial charge in [-0.2, -0.15) is 0 Å². The SMILES string of the molecule is C=C/C(C)=C\Cc1cnc(C2=CC(=O)C(C)C(/C=C\C(=C/C)N3CCCC(=C)CC3)=N2)cc1C=C. The first-order chi connectivity index (χ1) is 16.9. The Morgan fingerprint density at radius 3 is 2.77 bits per heavy atom. The van der Waals surface area contributed by atoms with E-state index in [0.717, 1.165) is 66.9 Å². The van der Waals surface area contributed by atoms with Crippen molar-refractivity contribution in [3.8, 4) is 0 Å². The fourth-order valence-electron chi connectivity index (χ4n) is 4.20. The summed E-state index contributed by atoms with van der Waals surface area (Å²) in [5.74, 6) is -0.250. The summed E-state index contributed by atoms with van der Waals surface area (Å²) in [6, 6.07) is 1.96. The molecule has 4 heteroatoms. The van der Waals surface area contributed by atoms with Crippen LogP contribution in [0, 0.1) is 5.92 Å². The molecule has 182 valence electrons. The molecule has 2 aliphatic heterocycles. The second-order valence-corrected chi connectivity index (χ2v) is 9.16. The van der Waals surface area contributed by atoms with Crippen molar-refractivity contribution in [3.05, 3.63) is 102 Å². The van der Waals surface area contributed by atoms with E-state index in [4.69, 9.17) is 4.99 Å². The fraction of sp³-hybridized carbons (Fsp3) is 0.323. The van der Waals surface area contributed by atoms with Crippen LogP contribution in [0.1, 0.15) is 56.9 Å². The van der Waals surface area contributed by atoms with Crippen molar-refractivity contribution in [2.75, 3.05) is 13.1 Å². The molecule has 0 aromatic carbocycles. The molecule has 4 nitrogen and oxygen atoms in total. The van der Waals surface area contributed by atoms with E-state index in [0.29, 0.717) is 11.4 Å². The Labute approximate surface area is 210 Å². The van der Waals surface area contributed by atoms with Gasteiger partial charge in [0.05, 0.1) is 23.0 Å². The number of hydrogen-bond donors (Lipinski definition) is 0. The van der Waals surface area contributed by atoms with Crippen molar-refractivity contribution in [2.45, 2.75) is 46.5 Å². The van der Waals surface area contributed by atoms with Crippen LogP contribution in [0.25, 0.3) is 11.8 Å². The van der Waals surface area contributed by atoms with Gasteiger partial charge in [0.1, 0.15) is 0 Å². The number of aliphatic imine (C=N–C) groups is 1. The second kappa shape index (κ2) is 12.3. The van der Waals surface area contributed by atoms with Gasteiger partial charge in [0, 0.05) is 31.1 Å². The van der Waals surface area contributed by atoms with E-state index < -0.39 is 0 Å². The van der Waals surface area contributed by atoms with E-state index in [9.17, 15) is 4.79 Å². The van der Waals surface area contributed by atoms with Gasteiger partial charge in [-0.3, -0.25) is 14.8 Å². The van der Waals surface area contributed by atoms with Crippen molar-refractivity contribution in [3.63, 3.8) is 0 Å². The Balaban J connectivity index is 1.86. The summed E-state index contributed by atoms with van der Waals surface area (Å²) >= 11 is 0. The van der Waals surface area contributed by atoms with Crippen LogP contribution in [0.15, 0.2) is 90.3 Å². The van der Waals surface area contributed by atoms with E-state index in [2.05, 4.69) is 54.8 Å². The van der Waals surface area contributed by atoms with Gasteiger partial charge in [-0.1, -0.05) is 55.2 Å². The summed E-state index contributed by atoms with van der Waals surface area (Å²) < 4.78 is 0. The number of carbonyl (C=O) groups is 1. The molecule has 0 radical (unpaired) electrons. The fourth-order valence-corrected chi connectivity index (χ4v) is 4.20. The molecule has 0 saturated carbocycles. The molecule has 0 spiro atoms. The number of hydrogen-bond acceptors (Lipinski definition) is 4. The smallest absolute Gasteiger partial charge is 0.166 e. The van der Waals surface area contributed by atoms with Crippen LogP contribution in [0.3, 0.4) is 0 Å². The lowest BCUT2D eigenvalue weighted by Crippen LogP contribution is -2.24. The Bertz CT molecular complexity index is 1160. The van der Waals surface area contributed by atoms with Crippen LogP contribution in [-0.4, -0.2) is 34.5 Å². The minimum Gasteiger partial charge on any atom is -0.371 e. The molecule has 0 amide bonds. The van der Waals surface area contributed by atoms with Crippen molar-refractivity contribution < 1.29 is 4.79 Å². The average molecular weight is 468 g/mol. The molecule has 1 unspecified atom stereocenters. The third kappa shape index (κ3) is 6.75. The highest BCUT2D eigenvalue weighted by Gasteiger charge is 2.23. The van der Waals surface area contributed by atoms with E-state index >= 15 is 0 Å². The van der Waals surface area contributed by atoms with Crippen LogP contribution in [-0.2, 0) is 11.2 Å². The normalized spacial score (nSPS) is 20.0. The first kappa shape index (κ1) is 26.1. The minimum absolute atomic E-state index is 0.0401. The van der Waals surface area contributed by atoms with Crippen LogP contribution in [0.5, 0.6) is 0 Å². The van der Waals surface area contributed by atoms with E-state index in [1.807, 2.05) is 44.3 Å². The van der Waals surface area contributed by atoms with Gasteiger partial charge in [0.2, 0.25) is 0 Å². The highest BCUT2D eigenvalue weighted by Crippen LogP contribution is 2.25. The van der Waals surface area contributed by atoms with Crippen molar-refractivity contribution in [2.24, 2.45) is 10.9 Å². The van der Waals surface area contributed by atoms with Crippen molar-refractivity contribution in [1.29, 1.82) is 0 Å². The number of pyridine rings is 1. The molecule has 1 aromatic rings. The molecule has 0 N–H and O–H groups in total. The lowest BCUT2D eigenvalue weighted by Gasteiger charge is -2.24. The van der Waals surface area contributed by atoms with Gasteiger partial charge in [0.25, 0.3) is 0 Å². The molecule has 1 fully saturated rings. The highest BCUT2D eigenvalue weighted by molar-refractivity contribution is 6.19. The third-order valence-electron chi connectivity index (χ3n) is 6.65. The average Bonchev–Trinajstić information content (AvgIpc) is 3.09. The highest BCUT2D eigenvalue weighted by atomic mass is 16.1. The Hall–Kier alpha value is -3.53. The molecule has 3 heterocycles. The molecule has 2 aliphatic rings. The van der Waals surface area contributed by atoms with E-state index in [1.54, 1.807) is 6.08 Å². The molecule has 0 bridgehead atoms. The number of carbonyl (C=O) groups excluding carboxylic acids is 1. The molecular formula is C31H37N3O. The maximum atomic E-state index is 12.8. The summed E-state index contributed by atoms with van der Waals surface area (Å²) in [4.78, 5) is 24.7. The quantitative estimate of drug-likeness (QED) is 0.308. The number of likely N-dealkylation sites (tertiary alicyclic amines) is 1. The summed E-state index contributed by atoms with van der Waals surface area (Å²) in [6.45, 7) is 19.9. The van der Waals surface area contributed by atoms with Gasteiger partial charge in [0.15, 0.2) is 5.78 Å². The van der Waals surface area contributed by atoms with Crippen LogP contribution in [0.2, 0.25) is 0 Å². The van der Waals surface area contributed by atoms with Crippen LogP contribution >= 0.6 is 0 Å². The summed E-state index contributed by atoms with van der Waals surface area (Å²) in [5, 5.41) is 0. The minimum atomic E-state index is -0.290. The maximum Gasteiger partial charge on any atom is 0.166 e.